The van der Waals surface area contributed by atoms with Gasteiger partial charge < -0.3 is 29.9 Å². The van der Waals surface area contributed by atoms with Gasteiger partial charge in [0.15, 0.2) is 11.6 Å². The van der Waals surface area contributed by atoms with E-state index in [2.05, 4.69) is 15.3 Å². The highest BCUT2D eigenvalue weighted by atomic mass is 16.5. The summed E-state index contributed by atoms with van der Waals surface area (Å²) in [6.45, 7) is 0. The molecular formula is C18H20N4O4. The van der Waals surface area contributed by atoms with Gasteiger partial charge in [-0.1, -0.05) is 12.1 Å². The first kappa shape index (κ1) is 17.7. The summed E-state index contributed by atoms with van der Waals surface area (Å²) in [5, 5.41) is 22.2. The summed E-state index contributed by atoms with van der Waals surface area (Å²) in [6, 6.07) is 12.6. The number of anilines is 3. The van der Waals surface area contributed by atoms with Crippen LogP contribution in [0.2, 0.25) is 0 Å². The quantitative estimate of drug-likeness (QED) is 0.578. The van der Waals surface area contributed by atoms with Crippen LogP contribution in [0.25, 0.3) is 11.0 Å². The Labute approximate surface area is 150 Å². The zero-order valence-electron chi connectivity index (χ0n) is 14.7. The number of aliphatic hydroxyl groups is 2. The lowest BCUT2D eigenvalue weighted by molar-refractivity contribution is -0.0375. The predicted molar refractivity (Wildman–Crippen MR) is 99.0 cm³/mol. The Balaban J connectivity index is 2.09. The van der Waals surface area contributed by atoms with E-state index in [1.54, 1.807) is 32.4 Å². The molecule has 26 heavy (non-hydrogen) atoms. The van der Waals surface area contributed by atoms with Gasteiger partial charge in [-0.15, -0.1) is 0 Å². The average molecular weight is 356 g/mol. The summed E-state index contributed by atoms with van der Waals surface area (Å²) >= 11 is 0. The van der Waals surface area contributed by atoms with E-state index >= 15 is 0 Å². The van der Waals surface area contributed by atoms with E-state index in [-0.39, 0.29) is 0 Å². The van der Waals surface area contributed by atoms with E-state index in [9.17, 15) is 10.2 Å². The van der Waals surface area contributed by atoms with E-state index in [4.69, 9.17) is 9.47 Å². The van der Waals surface area contributed by atoms with Gasteiger partial charge in [0.25, 0.3) is 0 Å². The van der Waals surface area contributed by atoms with Crippen molar-refractivity contribution < 1.29 is 19.7 Å². The summed E-state index contributed by atoms with van der Waals surface area (Å²) in [6.07, 6.45) is -1.72. The van der Waals surface area contributed by atoms with E-state index in [0.29, 0.717) is 39.9 Å². The molecule has 3 rings (SSSR count). The van der Waals surface area contributed by atoms with Gasteiger partial charge in [0.2, 0.25) is 6.41 Å². The van der Waals surface area contributed by atoms with Gasteiger partial charge in [-0.3, -0.25) is 0 Å². The Morgan fingerprint density at radius 1 is 0.962 bits per heavy atom. The van der Waals surface area contributed by atoms with E-state index < -0.39 is 6.41 Å². The molecule has 1 aromatic heterocycles. The minimum Gasteiger partial charge on any atom is -0.497 e. The number of hydrogen-bond donors (Lipinski definition) is 3. The molecule has 3 N–H and O–H groups in total. The van der Waals surface area contributed by atoms with Gasteiger partial charge in [-0.2, -0.15) is 0 Å². The second-order valence-electron chi connectivity index (χ2n) is 5.57. The largest absolute Gasteiger partial charge is 0.497 e. The van der Waals surface area contributed by atoms with Crippen molar-refractivity contribution in [3.05, 3.63) is 42.5 Å². The van der Waals surface area contributed by atoms with Gasteiger partial charge in [-0.05, 0) is 12.1 Å². The van der Waals surface area contributed by atoms with E-state index in [1.807, 2.05) is 24.3 Å². The SMILES string of the molecule is COc1cc(Nc2nc3ccccc3nc2N(C)C(O)O)cc(OC)c1. The predicted octanol–water partition coefficient (Wildman–Crippen LogP) is 2.09. The zero-order valence-corrected chi connectivity index (χ0v) is 14.7. The fourth-order valence-electron chi connectivity index (χ4n) is 2.45. The number of methoxy groups -OCH3 is 2. The topological polar surface area (TPSA) is 100.0 Å². The monoisotopic (exact) mass is 356 g/mol. The normalized spacial score (nSPS) is 10.8. The number of ether oxygens (including phenoxy) is 2. The number of nitrogens with one attached hydrogen (secondary N) is 1. The minimum atomic E-state index is -1.72. The molecular weight excluding hydrogens is 336 g/mol. The van der Waals surface area contributed by atoms with Crippen LogP contribution in [0, 0.1) is 0 Å². The van der Waals surface area contributed by atoms with Crippen LogP contribution >= 0.6 is 0 Å². The molecule has 0 saturated carbocycles. The molecule has 0 radical (unpaired) electrons. The number of nitrogens with zero attached hydrogens (tertiary/aromatic N) is 3. The van der Waals surface area contributed by atoms with Crippen molar-refractivity contribution in [1.29, 1.82) is 0 Å². The standard InChI is InChI=1S/C18H20N4O4/c1-22(18(23)24)17-16(20-14-6-4-5-7-15(14)21-17)19-11-8-12(25-2)10-13(9-11)26-3/h4-10,18,23-24H,1-3H3,(H,19,20). The zero-order chi connectivity index (χ0) is 18.7. The smallest absolute Gasteiger partial charge is 0.236 e. The highest BCUT2D eigenvalue weighted by Crippen LogP contribution is 2.31. The van der Waals surface area contributed by atoms with Crippen LogP contribution < -0.4 is 19.7 Å². The Morgan fingerprint density at radius 3 is 2.08 bits per heavy atom. The molecule has 0 fully saturated rings. The lowest BCUT2D eigenvalue weighted by atomic mass is 10.2. The number of benzene rings is 2. The molecule has 0 amide bonds. The molecule has 0 saturated heterocycles. The van der Waals surface area contributed by atoms with Gasteiger partial charge >= 0.3 is 0 Å². The fraction of sp³-hybridized carbons (Fsp3) is 0.222. The van der Waals surface area contributed by atoms with Crippen LogP contribution in [0.5, 0.6) is 11.5 Å². The van der Waals surface area contributed by atoms with Crippen molar-refractivity contribution in [2.75, 3.05) is 31.5 Å². The van der Waals surface area contributed by atoms with Crippen LogP contribution in [0.3, 0.4) is 0 Å². The third-order valence-electron chi connectivity index (χ3n) is 3.85. The first-order chi connectivity index (χ1) is 12.5. The summed E-state index contributed by atoms with van der Waals surface area (Å²) in [4.78, 5) is 10.3. The van der Waals surface area contributed by atoms with Crippen molar-refractivity contribution in [1.82, 2.24) is 9.97 Å². The van der Waals surface area contributed by atoms with E-state index in [0.717, 1.165) is 0 Å². The molecule has 1 heterocycles. The third-order valence-corrected chi connectivity index (χ3v) is 3.85. The maximum absolute atomic E-state index is 9.55. The molecule has 0 atom stereocenters. The molecule has 8 heteroatoms. The van der Waals surface area contributed by atoms with Crippen molar-refractivity contribution in [2.24, 2.45) is 0 Å². The number of fused-ring (bicyclic) bond motifs is 1. The molecule has 0 spiro atoms. The number of hydrogen-bond acceptors (Lipinski definition) is 8. The lowest BCUT2D eigenvalue weighted by Crippen LogP contribution is -2.32. The first-order valence-electron chi connectivity index (χ1n) is 7.87. The highest BCUT2D eigenvalue weighted by Gasteiger charge is 2.18. The average Bonchev–Trinajstić information content (AvgIpc) is 2.66. The van der Waals surface area contributed by atoms with Crippen molar-refractivity contribution in [3.63, 3.8) is 0 Å². The number of para-hydroxylation sites is 2. The van der Waals surface area contributed by atoms with Crippen LogP contribution in [0.15, 0.2) is 42.5 Å². The van der Waals surface area contributed by atoms with Gasteiger partial charge in [0.05, 0.1) is 25.3 Å². The van der Waals surface area contributed by atoms with Gasteiger partial charge in [0.1, 0.15) is 11.5 Å². The Morgan fingerprint density at radius 2 is 1.54 bits per heavy atom. The number of rotatable bonds is 6. The number of aromatic nitrogens is 2. The summed E-state index contributed by atoms with van der Waals surface area (Å²) in [5.74, 6) is 1.88. The first-order valence-corrected chi connectivity index (χ1v) is 7.87. The molecule has 3 aromatic rings. The maximum Gasteiger partial charge on any atom is 0.236 e. The van der Waals surface area contributed by atoms with Crippen molar-refractivity contribution in [2.45, 2.75) is 6.41 Å². The van der Waals surface area contributed by atoms with Crippen molar-refractivity contribution >= 4 is 28.4 Å². The van der Waals surface area contributed by atoms with Crippen LogP contribution in [-0.2, 0) is 0 Å². The highest BCUT2D eigenvalue weighted by molar-refractivity contribution is 5.82. The molecule has 0 bridgehead atoms. The molecule has 8 nitrogen and oxygen atoms in total. The second-order valence-corrected chi connectivity index (χ2v) is 5.57. The van der Waals surface area contributed by atoms with E-state index in [1.165, 1.54) is 11.9 Å². The number of aliphatic hydroxyl groups excluding tert-OH is 1. The summed E-state index contributed by atoms with van der Waals surface area (Å²) in [5.41, 5.74) is 1.98. The van der Waals surface area contributed by atoms with Gasteiger partial charge in [0, 0.05) is 30.9 Å². The summed E-state index contributed by atoms with van der Waals surface area (Å²) in [7, 11) is 4.65. The minimum absolute atomic E-state index is 0.292. The Kier molecular flexibility index (Phi) is 5.06. The lowest BCUT2D eigenvalue weighted by Gasteiger charge is -2.23. The Bertz CT molecular complexity index is 895. The second kappa shape index (κ2) is 7.42. The third kappa shape index (κ3) is 3.61. The molecule has 0 aliphatic carbocycles. The molecule has 2 aromatic carbocycles. The van der Waals surface area contributed by atoms with Crippen LogP contribution in [0.4, 0.5) is 17.3 Å². The Hall–Kier alpha value is -3.10. The van der Waals surface area contributed by atoms with Gasteiger partial charge in [-0.25, -0.2) is 9.97 Å². The fourth-order valence-corrected chi connectivity index (χ4v) is 2.45. The van der Waals surface area contributed by atoms with Crippen LogP contribution in [0.1, 0.15) is 0 Å². The van der Waals surface area contributed by atoms with Crippen LogP contribution in [-0.4, -0.2) is 47.9 Å². The van der Waals surface area contributed by atoms with Crippen molar-refractivity contribution in [3.8, 4) is 11.5 Å². The molecule has 0 unspecified atom stereocenters. The molecule has 0 aliphatic rings. The molecule has 0 aliphatic heterocycles. The maximum atomic E-state index is 9.55. The summed E-state index contributed by atoms with van der Waals surface area (Å²) < 4.78 is 10.5. The molecule has 136 valence electrons.